The summed E-state index contributed by atoms with van der Waals surface area (Å²) in [7, 11) is 0. The molecular formula is C9H16O2. The Labute approximate surface area is 67.6 Å². The monoisotopic (exact) mass is 156 g/mol. The molecule has 1 saturated carbocycles. The van der Waals surface area contributed by atoms with E-state index in [-0.39, 0.29) is 11.7 Å². The molecule has 2 heteroatoms. The van der Waals surface area contributed by atoms with Crippen molar-refractivity contribution in [1.29, 1.82) is 0 Å². The standard InChI is InChI=1S/C9H16O2/c1-7(10)8-5-3-4-6-9(8,2)11/h8,11H,3-6H2,1-2H3/t8-,9-/m1/s1. The van der Waals surface area contributed by atoms with Gasteiger partial charge in [0.1, 0.15) is 5.78 Å². The molecule has 1 aliphatic carbocycles. The predicted molar refractivity (Wildman–Crippen MR) is 43.3 cm³/mol. The van der Waals surface area contributed by atoms with Crippen molar-refractivity contribution in [2.45, 2.75) is 45.1 Å². The van der Waals surface area contributed by atoms with E-state index in [4.69, 9.17) is 0 Å². The van der Waals surface area contributed by atoms with Crippen molar-refractivity contribution >= 4 is 5.78 Å². The van der Waals surface area contributed by atoms with Gasteiger partial charge in [0.2, 0.25) is 0 Å². The summed E-state index contributed by atoms with van der Waals surface area (Å²) in [4.78, 5) is 11.1. The number of hydrogen-bond donors (Lipinski definition) is 1. The van der Waals surface area contributed by atoms with Gasteiger partial charge >= 0.3 is 0 Å². The number of ketones is 1. The average molecular weight is 156 g/mol. The summed E-state index contributed by atoms with van der Waals surface area (Å²) < 4.78 is 0. The highest BCUT2D eigenvalue weighted by molar-refractivity contribution is 5.79. The molecule has 0 amide bonds. The van der Waals surface area contributed by atoms with Gasteiger partial charge in [-0.3, -0.25) is 4.79 Å². The van der Waals surface area contributed by atoms with Gasteiger partial charge in [-0.05, 0) is 26.7 Å². The van der Waals surface area contributed by atoms with Crippen LogP contribution in [0.4, 0.5) is 0 Å². The van der Waals surface area contributed by atoms with Gasteiger partial charge in [0, 0.05) is 5.92 Å². The molecule has 11 heavy (non-hydrogen) atoms. The lowest BCUT2D eigenvalue weighted by Crippen LogP contribution is -2.41. The normalized spacial score (nSPS) is 38.6. The van der Waals surface area contributed by atoms with Gasteiger partial charge in [0.25, 0.3) is 0 Å². The summed E-state index contributed by atoms with van der Waals surface area (Å²) in [6.07, 6.45) is 3.77. The van der Waals surface area contributed by atoms with Gasteiger partial charge in [-0.1, -0.05) is 12.8 Å². The Balaban J connectivity index is 2.67. The van der Waals surface area contributed by atoms with Crippen LogP contribution in [0.25, 0.3) is 0 Å². The van der Waals surface area contributed by atoms with Gasteiger partial charge in [-0.15, -0.1) is 0 Å². The van der Waals surface area contributed by atoms with E-state index >= 15 is 0 Å². The lowest BCUT2D eigenvalue weighted by Gasteiger charge is -2.35. The zero-order valence-electron chi connectivity index (χ0n) is 7.26. The Morgan fingerprint density at radius 2 is 2.18 bits per heavy atom. The molecule has 0 aliphatic heterocycles. The maximum atomic E-state index is 11.1. The van der Waals surface area contributed by atoms with Crippen molar-refractivity contribution < 1.29 is 9.90 Å². The first-order chi connectivity index (χ1) is 5.04. The number of hydrogen-bond acceptors (Lipinski definition) is 2. The third-order valence-corrected chi connectivity index (χ3v) is 2.67. The van der Waals surface area contributed by atoms with Crippen molar-refractivity contribution in [3.8, 4) is 0 Å². The molecule has 0 radical (unpaired) electrons. The summed E-state index contributed by atoms with van der Waals surface area (Å²) in [6.45, 7) is 3.35. The summed E-state index contributed by atoms with van der Waals surface area (Å²) >= 11 is 0. The Morgan fingerprint density at radius 3 is 2.55 bits per heavy atom. The van der Waals surface area contributed by atoms with Crippen LogP contribution in [0.15, 0.2) is 0 Å². The fourth-order valence-electron chi connectivity index (χ4n) is 1.96. The quantitative estimate of drug-likeness (QED) is 0.625. The fourth-order valence-corrected chi connectivity index (χ4v) is 1.96. The minimum Gasteiger partial charge on any atom is -0.389 e. The van der Waals surface area contributed by atoms with Crippen LogP contribution in [0.1, 0.15) is 39.5 Å². The van der Waals surface area contributed by atoms with E-state index in [0.717, 1.165) is 25.7 Å². The zero-order chi connectivity index (χ0) is 8.48. The van der Waals surface area contributed by atoms with E-state index in [2.05, 4.69) is 0 Å². The number of rotatable bonds is 1. The Hall–Kier alpha value is -0.370. The van der Waals surface area contributed by atoms with E-state index in [1.807, 2.05) is 0 Å². The van der Waals surface area contributed by atoms with Crippen LogP contribution < -0.4 is 0 Å². The lowest BCUT2D eigenvalue weighted by atomic mass is 9.75. The molecule has 0 aromatic heterocycles. The van der Waals surface area contributed by atoms with Crippen molar-refractivity contribution in [1.82, 2.24) is 0 Å². The highest BCUT2D eigenvalue weighted by Gasteiger charge is 2.36. The topological polar surface area (TPSA) is 37.3 Å². The molecule has 1 N–H and O–H groups in total. The van der Waals surface area contributed by atoms with Crippen LogP contribution in [0.3, 0.4) is 0 Å². The van der Waals surface area contributed by atoms with Gasteiger partial charge < -0.3 is 5.11 Å². The second-order valence-electron chi connectivity index (χ2n) is 3.77. The van der Waals surface area contributed by atoms with Crippen LogP contribution in [-0.4, -0.2) is 16.5 Å². The highest BCUT2D eigenvalue weighted by atomic mass is 16.3. The molecule has 0 spiro atoms. The molecule has 1 rings (SSSR count). The number of carbonyl (C=O) groups excluding carboxylic acids is 1. The first-order valence-electron chi connectivity index (χ1n) is 4.27. The van der Waals surface area contributed by atoms with Crippen molar-refractivity contribution in [2.75, 3.05) is 0 Å². The molecule has 0 aromatic carbocycles. The van der Waals surface area contributed by atoms with E-state index in [0.29, 0.717) is 0 Å². The molecule has 0 saturated heterocycles. The third-order valence-electron chi connectivity index (χ3n) is 2.67. The van der Waals surface area contributed by atoms with Crippen LogP contribution >= 0.6 is 0 Å². The van der Waals surface area contributed by atoms with Crippen molar-refractivity contribution in [2.24, 2.45) is 5.92 Å². The minimum atomic E-state index is -0.732. The summed E-state index contributed by atoms with van der Waals surface area (Å²) in [5.74, 6) is 0.0194. The maximum absolute atomic E-state index is 11.1. The molecular weight excluding hydrogens is 140 g/mol. The second-order valence-corrected chi connectivity index (χ2v) is 3.77. The molecule has 2 nitrogen and oxygen atoms in total. The Bertz CT molecular complexity index is 161. The smallest absolute Gasteiger partial charge is 0.135 e. The van der Waals surface area contributed by atoms with Gasteiger partial charge in [0.15, 0.2) is 0 Å². The first kappa shape index (κ1) is 8.72. The molecule has 2 atom stereocenters. The summed E-state index contributed by atoms with van der Waals surface area (Å²) in [5, 5.41) is 9.78. The van der Waals surface area contributed by atoms with Crippen molar-refractivity contribution in [3.63, 3.8) is 0 Å². The fraction of sp³-hybridized carbons (Fsp3) is 0.889. The first-order valence-corrected chi connectivity index (χ1v) is 4.27. The average Bonchev–Trinajstić information content (AvgIpc) is 1.85. The molecule has 0 heterocycles. The molecule has 64 valence electrons. The number of aliphatic hydroxyl groups is 1. The highest BCUT2D eigenvalue weighted by Crippen LogP contribution is 2.33. The second kappa shape index (κ2) is 2.94. The molecule has 0 aromatic rings. The van der Waals surface area contributed by atoms with E-state index in [9.17, 15) is 9.90 Å². The van der Waals surface area contributed by atoms with E-state index in [1.165, 1.54) is 0 Å². The van der Waals surface area contributed by atoms with Crippen LogP contribution in [0.2, 0.25) is 0 Å². The minimum absolute atomic E-state index is 0.115. The Morgan fingerprint density at radius 1 is 1.55 bits per heavy atom. The molecule has 0 bridgehead atoms. The number of Topliss-reactive ketones (excluding diaryl/α,β-unsaturated/α-hetero) is 1. The zero-order valence-corrected chi connectivity index (χ0v) is 7.26. The SMILES string of the molecule is CC(=O)[C@H]1CCCC[C@@]1(C)O. The Kier molecular flexibility index (Phi) is 2.33. The van der Waals surface area contributed by atoms with Crippen LogP contribution in [-0.2, 0) is 4.79 Å². The van der Waals surface area contributed by atoms with Crippen LogP contribution in [0.5, 0.6) is 0 Å². The predicted octanol–water partition coefficient (Wildman–Crippen LogP) is 1.52. The largest absolute Gasteiger partial charge is 0.389 e. The molecule has 1 aliphatic rings. The number of carbonyl (C=O) groups is 1. The van der Waals surface area contributed by atoms with Gasteiger partial charge in [-0.2, -0.15) is 0 Å². The van der Waals surface area contributed by atoms with Crippen LogP contribution in [0, 0.1) is 5.92 Å². The lowest BCUT2D eigenvalue weighted by molar-refractivity contribution is -0.132. The molecule has 1 fully saturated rings. The molecule has 0 unspecified atom stereocenters. The van der Waals surface area contributed by atoms with Gasteiger partial charge in [0.05, 0.1) is 5.60 Å². The maximum Gasteiger partial charge on any atom is 0.135 e. The third kappa shape index (κ3) is 1.80. The van der Waals surface area contributed by atoms with E-state index < -0.39 is 5.60 Å². The van der Waals surface area contributed by atoms with E-state index in [1.54, 1.807) is 13.8 Å². The summed E-state index contributed by atoms with van der Waals surface area (Å²) in [5.41, 5.74) is -0.732. The van der Waals surface area contributed by atoms with Crippen molar-refractivity contribution in [3.05, 3.63) is 0 Å². The van der Waals surface area contributed by atoms with Gasteiger partial charge in [-0.25, -0.2) is 0 Å². The summed E-state index contributed by atoms with van der Waals surface area (Å²) in [6, 6.07) is 0.